The summed E-state index contributed by atoms with van der Waals surface area (Å²) in [6.45, 7) is 11.9. The molecule has 0 aliphatic rings. The van der Waals surface area contributed by atoms with Crippen LogP contribution in [0.1, 0.15) is 414 Å². The van der Waals surface area contributed by atoms with E-state index >= 15 is 0 Å². The van der Waals surface area contributed by atoms with E-state index in [2.05, 4.69) is 72.8 Å². The number of rotatable bonds is 80. The molecule has 0 heterocycles. The molecule has 0 saturated carbocycles. The number of carbonyl (C=O) groups excluding carboxylic acids is 4. The number of allylic oxidation sites excluding steroid dienone is 4. The number of phosphoric acid groups is 2. The van der Waals surface area contributed by atoms with Crippen LogP contribution in [-0.2, 0) is 65.4 Å². The molecular formula is C84H160O17P2. The molecule has 0 aromatic carbocycles. The zero-order valence-electron chi connectivity index (χ0n) is 67.3. The first-order valence-electron chi connectivity index (χ1n) is 42.7. The fourth-order valence-electron chi connectivity index (χ4n) is 12.4. The van der Waals surface area contributed by atoms with Gasteiger partial charge in [0.15, 0.2) is 12.2 Å². The minimum Gasteiger partial charge on any atom is -0.462 e. The third-order valence-electron chi connectivity index (χ3n) is 19.4. The highest BCUT2D eigenvalue weighted by molar-refractivity contribution is 7.47. The third-order valence-corrected chi connectivity index (χ3v) is 21.3. The van der Waals surface area contributed by atoms with Crippen LogP contribution in [0.4, 0.5) is 0 Å². The van der Waals surface area contributed by atoms with Gasteiger partial charge in [-0.15, -0.1) is 0 Å². The fourth-order valence-corrected chi connectivity index (χ4v) is 14.0. The second kappa shape index (κ2) is 73.7. The Morgan fingerprint density at radius 1 is 0.320 bits per heavy atom. The zero-order chi connectivity index (χ0) is 75.8. The van der Waals surface area contributed by atoms with E-state index in [0.717, 1.165) is 127 Å². The van der Waals surface area contributed by atoms with Crippen molar-refractivity contribution in [3.8, 4) is 0 Å². The van der Waals surface area contributed by atoms with Crippen molar-refractivity contribution in [3.05, 3.63) is 24.3 Å². The second-order valence-electron chi connectivity index (χ2n) is 30.7. The molecular weight excluding hydrogens is 1340 g/mol. The van der Waals surface area contributed by atoms with Gasteiger partial charge in [0.05, 0.1) is 26.4 Å². The minimum absolute atomic E-state index is 0.101. The van der Waals surface area contributed by atoms with Crippen molar-refractivity contribution < 1.29 is 80.2 Å². The van der Waals surface area contributed by atoms with Crippen molar-refractivity contribution in [1.29, 1.82) is 0 Å². The molecule has 0 aliphatic heterocycles. The lowest BCUT2D eigenvalue weighted by atomic mass is 9.99. The Morgan fingerprint density at radius 3 is 0.864 bits per heavy atom. The first-order valence-corrected chi connectivity index (χ1v) is 45.7. The molecule has 3 N–H and O–H groups in total. The van der Waals surface area contributed by atoms with Gasteiger partial charge in [-0.05, 0) is 69.1 Å². The summed E-state index contributed by atoms with van der Waals surface area (Å²) in [5.74, 6) is 0.200. The van der Waals surface area contributed by atoms with Crippen LogP contribution in [0, 0.1) is 17.8 Å². The number of esters is 4. The Balaban J connectivity index is 5.23. The number of aliphatic hydroxyl groups excluding tert-OH is 1. The first kappa shape index (κ1) is 101. The normalized spacial score (nSPS) is 14.3. The molecule has 19 heteroatoms. The van der Waals surface area contributed by atoms with Gasteiger partial charge in [0.2, 0.25) is 0 Å². The van der Waals surface area contributed by atoms with Crippen molar-refractivity contribution >= 4 is 39.5 Å². The number of aliphatic hydroxyl groups is 1. The zero-order valence-corrected chi connectivity index (χ0v) is 69.1. The summed E-state index contributed by atoms with van der Waals surface area (Å²) in [5.41, 5.74) is 0. The number of carbonyl (C=O) groups is 4. The maximum absolute atomic E-state index is 13.1. The van der Waals surface area contributed by atoms with Crippen molar-refractivity contribution in [2.24, 2.45) is 17.8 Å². The smallest absolute Gasteiger partial charge is 0.462 e. The van der Waals surface area contributed by atoms with Gasteiger partial charge in [0.1, 0.15) is 19.3 Å². The molecule has 0 bridgehead atoms. The monoisotopic (exact) mass is 1500 g/mol. The van der Waals surface area contributed by atoms with Gasteiger partial charge in [-0.2, -0.15) is 0 Å². The molecule has 0 aromatic heterocycles. The molecule has 608 valence electrons. The van der Waals surface area contributed by atoms with Crippen LogP contribution >= 0.6 is 15.6 Å². The van der Waals surface area contributed by atoms with Crippen LogP contribution in [0.15, 0.2) is 24.3 Å². The van der Waals surface area contributed by atoms with Crippen LogP contribution in [-0.4, -0.2) is 96.7 Å². The highest BCUT2D eigenvalue weighted by Gasteiger charge is 2.30. The Labute approximate surface area is 631 Å². The fraction of sp³-hybridized carbons (Fsp3) is 0.905. The SMILES string of the molecule is CCCCCC/C=C\C=C/CCCCCCCC(=O)OC[C@H](COP(=O)(O)OC[C@@H](O)COP(=O)(O)OC[C@@H](COC(=O)CCCCCCCCC(C)C)OC(=O)CCCCCCCCCCCCCCCCC(C)C)OC(=O)CCCCCCCCCCCCCCCCCCCCC(C)CC. The van der Waals surface area contributed by atoms with Gasteiger partial charge in [-0.1, -0.05) is 362 Å². The van der Waals surface area contributed by atoms with Crippen molar-refractivity contribution in [3.63, 3.8) is 0 Å². The van der Waals surface area contributed by atoms with Crippen molar-refractivity contribution in [2.45, 2.75) is 433 Å². The largest absolute Gasteiger partial charge is 0.472 e. The summed E-state index contributed by atoms with van der Waals surface area (Å²) in [6, 6.07) is 0. The molecule has 0 aromatic rings. The highest BCUT2D eigenvalue weighted by atomic mass is 31.2. The van der Waals surface area contributed by atoms with E-state index in [0.29, 0.717) is 31.6 Å². The minimum atomic E-state index is -4.97. The molecule has 0 fully saturated rings. The van der Waals surface area contributed by atoms with E-state index in [1.165, 1.54) is 199 Å². The topological polar surface area (TPSA) is 237 Å². The summed E-state index contributed by atoms with van der Waals surface area (Å²) >= 11 is 0. The van der Waals surface area contributed by atoms with E-state index in [1.54, 1.807) is 0 Å². The number of ether oxygens (including phenoxy) is 4. The number of phosphoric ester groups is 2. The standard InChI is InChI=1S/C84H160O17P2/c1-8-10-11-12-13-14-15-16-21-28-33-38-43-51-58-65-81(86)94-71-79(100-83(88)67-60-53-44-39-34-29-23-20-18-17-19-22-27-32-37-42-50-57-64-77(7)9-2)73-98-102(90,91)96-69-78(85)70-97-103(92,93)99-74-80(72-95-82(87)66-59-52-47-46-49-56-63-76(5)6)101-84(89)68-61-54-45-40-35-30-25-24-26-31-36-41-48-55-62-75(3)4/h14-16,21,75-80,85H,8-13,17-20,22-74H2,1-7H3,(H,90,91)(H,92,93)/b15-14-,21-16-/t77?,78-,79-,80-/m1/s1. The van der Waals surface area contributed by atoms with E-state index in [-0.39, 0.29) is 25.7 Å². The van der Waals surface area contributed by atoms with Gasteiger partial charge in [-0.25, -0.2) is 9.13 Å². The molecule has 0 aliphatic carbocycles. The van der Waals surface area contributed by atoms with E-state index in [4.69, 9.17) is 37.0 Å². The van der Waals surface area contributed by atoms with Gasteiger partial charge < -0.3 is 33.8 Å². The van der Waals surface area contributed by atoms with Crippen LogP contribution in [0.3, 0.4) is 0 Å². The molecule has 0 radical (unpaired) electrons. The Hall–Kier alpha value is -2.46. The van der Waals surface area contributed by atoms with Crippen LogP contribution in [0.25, 0.3) is 0 Å². The number of hydrogen-bond donors (Lipinski definition) is 3. The van der Waals surface area contributed by atoms with Gasteiger partial charge in [-0.3, -0.25) is 37.3 Å². The Kier molecular flexibility index (Phi) is 71.9. The van der Waals surface area contributed by atoms with Crippen LogP contribution in [0.2, 0.25) is 0 Å². The lowest BCUT2D eigenvalue weighted by molar-refractivity contribution is -0.161. The predicted octanol–water partition coefficient (Wildman–Crippen LogP) is 24.9. The first-order chi connectivity index (χ1) is 49.8. The summed E-state index contributed by atoms with van der Waals surface area (Å²) in [4.78, 5) is 73.0. The molecule has 103 heavy (non-hydrogen) atoms. The van der Waals surface area contributed by atoms with Gasteiger partial charge in [0.25, 0.3) is 0 Å². The molecule has 6 atom stereocenters. The summed E-state index contributed by atoms with van der Waals surface area (Å²) < 4.78 is 68.7. The van der Waals surface area contributed by atoms with E-state index in [9.17, 15) is 43.2 Å². The highest BCUT2D eigenvalue weighted by Crippen LogP contribution is 2.45. The molecule has 0 amide bonds. The molecule has 3 unspecified atom stereocenters. The van der Waals surface area contributed by atoms with Gasteiger partial charge in [0, 0.05) is 25.7 Å². The van der Waals surface area contributed by atoms with Crippen LogP contribution < -0.4 is 0 Å². The predicted molar refractivity (Wildman–Crippen MR) is 423 cm³/mol. The third kappa shape index (κ3) is 76.1. The summed E-state index contributed by atoms with van der Waals surface area (Å²) in [5, 5.41) is 10.6. The quantitative estimate of drug-likeness (QED) is 0.0169. The summed E-state index contributed by atoms with van der Waals surface area (Å²) in [6.07, 6.45) is 66.2. The van der Waals surface area contributed by atoms with E-state index in [1.807, 2.05) is 0 Å². The number of unbranched alkanes of at least 4 members (excludes halogenated alkanes) is 44. The molecule has 17 nitrogen and oxygen atoms in total. The second-order valence-corrected chi connectivity index (χ2v) is 33.6. The Morgan fingerprint density at radius 2 is 0.573 bits per heavy atom. The van der Waals surface area contributed by atoms with E-state index < -0.39 is 97.5 Å². The van der Waals surface area contributed by atoms with Crippen molar-refractivity contribution in [1.82, 2.24) is 0 Å². The lowest BCUT2D eigenvalue weighted by Crippen LogP contribution is -2.30. The average Bonchev–Trinajstić information content (AvgIpc) is 1.08. The average molecular weight is 1500 g/mol. The van der Waals surface area contributed by atoms with Crippen molar-refractivity contribution in [2.75, 3.05) is 39.6 Å². The van der Waals surface area contributed by atoms with Crippen LogP contribution in [0.5, 0.6) is 0 Å². The maximum atomic E-state index is 13.1. The van der Waals surface area contributed by atoms with Gasteiger partial charge >= 0.3 is 39.5 Å². The Bertz CT molecular complexity index is 2090. The molecule has 0 saturated heterocycles. The molecule has 0 rings (SSSR count). The molecule has 0 spiro atoms. The maximum Gasteiger partial charge on any atom is 0.472 e. The lowest BCUT2D eigenvalue weighted by Gasteiger charge is -2.21. The summed E-state index contributed by atoms with van der Waals surface area (Å²) in [7, 11) is -9.94. The number of hydrogen-bond acceptors (Lipinski definition) is 15.